The molecule has 1 heterocycles. The molecule has 0 spiro atoms. The Hall–Kier alpha value is -1.88. The molecule has 5 nitrogen and oxygen atoms in total. The first-order valence-electron chi connectivity index (χ1n) is 9.12. The number of rotatable bonds is 5. The van der Waals surface area contributed by atoms with E-state index in [0.717, 1.165) is 12.8 Å². The van der Waals surface area contributed by atoms with E-state index >= 15 is 0 Å². The van der Waals surface area contributed by atoms with Gasteiger partial charge in [0.15, 0.2) is 0 Å². The third-order valence-electron chi connectivity index (χ3n) is 5.11. The molecule has 3 N–H and O–H groups in total. The predicted molar refractivity (Wildman–Crippen MR) is 95.0 cm³/mol. The van der Waals surface area contributed by atoms with Gasteiger partial charge in [0, 0.05) is 23.8 Å². The zero-order valence-corrected chi connectivity index (χ0v) is 14.3. The van der Waals surface area contributed by atoms with E-state index in [1.165, 1.54) is 25.7 Å². The number of hydrogen-bond donors (Lipinski definition) is 3. The Labute approximate surface area is 143 Å². The first-order chi connectivity index (χ1) is 11.7. The van der Waals surface area contributed by atoms with Gasteiger partial charge in [-0.15, -0.1) is 0 Å². The minimum absolute atomic E-state index is 0.00974. The van der Waals surface area contributed by atoms with Gasteiger partial charge in [-0.1, -0.05) is 25.8 Å². The Kier molecular flexibility index (Phi) is 5.51. The van der Waals surface area contributed by atoms with Crippen LogP contribution in [0.15, 0.2) is 24.3 Å². The normalized spacial score (nSPS) is 25.8. The molecule has 2 aliphatic rings. The molecule has 0 bridgehead atoms. The Morgan fingerprint density at radius 2 is 2.08 bits per heavy atom. The SMILES string of the molecule is CCCNC(=O)c1cccc(NC(=O)C2CC3CCCCC3N2)c1. The number of anilines is 1. The first kappa shape index (κ1) is 17.0. The third kappa shape index (κ3) is 3.96. The Morgan fingerprint density at radius 1 is 1.25 bits per heavy atom. The standard InChI is InChI=1S/C19H27N3O2/c1-2-10-20-18(23)14-7-5-8-15(11-14)21-19(24)17-12-13-6-3-4-9-16(13)22-17/h5,7-8,11,13,16-17,22H,2-4,6,9-10,12H2,1H3,(H,20,23)(H,21,24). The second-order valence-corrected chi connectivity index (χ2v) is 6.93. The van der Waals surface area contributed by atoms with Crippen LogP contribution in [0.4, 0.5) is 5.69 Å². The van der Waals surface area contributed by atoms with Gasteiger partial charge in [0.1, 0.15) is 0 Å². The van der Waals surface area contributed by atoms with Gasteiger partial charge in [-0.25, -0.2) is 0 Å². The molecule has 5 heteroatoms. The quantitative estimate of drug-likeness (QED) is 0.778. The lowest BCUT2D eigenvalue weighted by Crippen LogP contribution is -2.39. The molecule has 3 unspecified atom stereocenters. The van der Waals surface area contributed by atoms with Gasteiger partial charge in [-0.2, -0.15) is 0 Å². The van der Waals surface area contributed by atoms with Crippen molar-refractivity contribution in [3.8, 4) is 0 Å². The molecule has 130 valence electrons. The third-order valence-corrected chi connectivity index (χ3v) is 5.11. The number of nitrogens with one attached hydrogen (secondary N) is 3. The van der Waals surface area contributed by atoms with Gasteiger partial charge in [0.25, 0.3) is 5.91 Å². The van der Waals surface area contributed by atoms with Crippen LogP contribution in [0.1, 0.15) is 55.8 Å². The molecule has 1 saturated carbocycles. The molecule has 2 fully saturated rings. The van der Waals surface area contributed by atoms with Gasteiger partial charge in [-0.3, -0.25) is 9.59 Å². The summed E-state index contributed by atoms with van der Waals surface area (Å²) in [7, 11) is 0. The van der Waals surface area contributed by atoms with Crippen LogP contribution in [0.3, 0.4) is 0 Å². The number of benzene rings is 1. The topological polar surface area (TPSA) is 70.2 Å². The summed E-state index contributed by atoms with van der Waals surface area (Å²) in [6.07, 6.45) is 6.78. The van der Waals surface area contributed by atoms with Crippen molar-refractivity contribution in [2.24, 2.45) is 5.92 Å². The van der Waals surface area contributed by atoms with Crippen LogP contribution in [0, 0.1) is 5.92 Å². The zero-order chi connectivity index (χ0) is 16.9. The van der Waals surface area contributed by atoms with E-state index in [1.54, 1.807) is 18.2 Å². The number of carbonyl (C=O) groups is 2. The molecule has 1 saturated heterocycles. The molecular formula is C19H27N3O2. The number of amides is 2. The number of fused-ring (bicyclic) bond motifs is 1. The van der Waals surface area contributed by atoms with Crippen molar-refractivity contribution in [3.63, 3.8) is 0 Å². The summed E-state index contributed by atoms with van der Waals surface area (Å²) < 4.78 is 0. The van der Waals surface area contributed by atoms with Crippen molar-refractivity contribution < 1.29 is 9.59 Å². The summed E-state index contributed by atoms with van der Waals surface area (Å²) in [4.78, 5) is 24.6. The summed E-state index contributed by atoms with van der Waals surface area (Å²) in [6.45, 7) is 2.67. The minimum atomic E-state index is -0.115. The summed E-state index contributed by atoms with van der Waals surface area (Å²) in [6, 6.07) is 7.53. The van der Waals surface area contributed by atoms with Crippen molar-refractivity contribution in [2.75, 3.05) is 11.9 Å². The minimum Gasteiger partial charge on any atom is -0.352 e. The number of hydrogen-bond acceptors (Lipinski definition) is 3. The number of carbonyl (C=O) groups excluding carboxylic acids is 2. The van der Waals surface area contributed by atoms with Crippen molar-refractivity contribution >= 4 is 17.5 Å². The molecule has 1 aliphatic heterocycles. The molecule has 0 radical (unpaired) electrons. The largest absolute Gasteiger partial charge is 0.352 e. The molecule has 24 heavy (non-hydrogen) atoms. The van der Waals surface area contributed by atoms with Crippen molar-refractivity contribution in [1.82, 2.24) is 10.6 Å². The highest BCUT2D eigenvalue weighted by Crippen LogP contribution is 2.33. The average Bonchev–Trinajstić information content (AvgIpc) is 3.04. The Bertz CT molecular complexity index is 588. The van der Waals surface area contributed by atoms with Gasteiger partial charge >= 0.3 is 0 Å². The summed E-state index contributed by atoms with van der Waals surface area (Å²) in [5.74, 6) is 0.550. The van der Waals surface area contributed by atoms with E-state index in [-0.39, 0.29) is 17.9 Å². The van der Waals surface area contributed by atoms with Gasteiger partial charge in [0.2, 0.25) is 5.91 Å². The van der Waals surface area contributed by atoms with E-state index in [2.05, 4.69) is 16.0 Å². The van der Waals surface area contributed by atoms with E-state index in [1.807, 2.05) is 13.0 Å². The molecule has 3 rings (SSSR count). The maximum Gasteiger partial charge on any atom is 0.251 e. The fraction of sp³-hybridized carbons (Fsp3) is 0.579. The second kappa shape index (κ2) is 7.79. The monoisotopic (exact) mass is 329 g/mol. The Balaban J connectivity index is 1.59. The maximum absolute atomic E-state index is 12.5. The zero-order valence-electron chi connectivity index (χ0n) is 14.3. The summed E-state index contributed by atoms with van der Waals surface area (Å²) in [5, 5.41) is 9.30. The second-order valence-electron chi connectivity index (χ2n) is 6.93. The molecule has 1 aliphatic carbocycles. The van der Waals surface area contributed by atoms with E-state index in [9.17, 15) is 9.59 Å². The maximum atomic E-state index is 12.5. The van der Waals surface area contributed by atoms with Crippen LogP contribution in [0.5, 0.6) is 0 Å². The molecule has 3 atom stereocenters. The molecule has 1 aromatic carbocycles. The van der Waals surface area contributed by atoms with E-state index in [4.69, 9.17) is 0 Å². The highest BCUT2D eigenvalue weighted by atomic mass is 16.2. The average molecular weight is 329 g/mol. The van der Waals surface area contributed by atoms with Crippen LogP contribution < -0.4 is 16.0 Å². The summed E-state index contributed by atoms with van der Waals surface area (Å²) in [5.41, 5.74) is 1.26. The van der Waals surface area contributed by atoms with Crippen molar-refractivity contribution in [2.45, 2.75) is 57.5 Å². The van der Waals surface area contributed by atoms with E-state index < -0.39 is 0 Å². The van der Waals surface area contributed by atoms with Crippen LogP contribution in [0.25, 0.3) is 0 Å². The fourth-order valence-electron chi connectivity index (χ4n) is 3.83. The first-order valence-corrected chi connectivity index (χ1v) is 9.12. The molecule has 0 aromatic heterocycles. The molecule has 2 amide bonds. The van der Waals surface area contributed by atoms with E-state index in [0.29, 0.717) is 29.8 Å². The molecular weight excluding hydrogens is 302 g/mol. The predicted octanol–water partition coefficient (Wildman–Crippen LogP) is 2.69. The van der Waals surface area contributed by atoms with Crippen molar-refractivity contribution in [1.29, 1.82) is 0 Å². The Morgan fingerprint density at radius 3 is 2.88 bits per heavy atom. The van der Waals surface area contributed by atoms with Crippen molar-refractivity contribution in [3.05, 3.63) is 29.8 Å². The van der Waals surface area contributed by atoms with Crippen LogP contribution in [0.2, 0.25) is 0 Å². The van der Waals surface area contributed by atoms with Gasteiger partial charge in [-0.05, 0) is 49.8 Å². The van der Waals surface area contributed by atoms with Crippen LogP contribution in [-0.4, -0.2) is 30.4 Å². The van der Waals surface area contributed by atoms with Gasteiger partial charge < -0.3 is 16.0 Å². The summed E-state index contributed by atoms with van der Waals surface area (Å²) >= 11 is 0. The lowest BCUT2D eigenvalue weighted by Gasteiger charge is -2.24. The van der Waals surface area contributed by atoms with Crippen LogP contribution in [-0.2, 0) is 4.79 Å². The highest BCUT2D eigenvalue weighted by Gasteiger charge is 2.38. The smallest absolute Gasteiger partial charge is 0.251 e. The lowest BCUT2D eigenvalue weighted by molar-refractivity contribution is -0.117. The van der Waals surface area contributed by atoms with Crippen LogP contribution >= 0.6 is 0 Å². The van der Waals surface area contributed by atoms with Gasteiger partial charge in [0.05, 0.1) is 6.04 Å². The highest BCUT2D eigenvalue weighted by molar-refractivity contribution is 5.98. The fourth-order valence-corrected chi connectivity index (χ4v) is 3.83. The molecule has 1 aromatic rings. The lowest BCUT2D eigenvalue weighted by atomic mass is 9.85.